The lowest BCUT2D eigenvalue weighted by Gasteiger charge is -2.20. The summed E-state index contributed by atoms with van der Waals surface area (Å²) < 4.78 is 11.5. The van der Waals surface area contributed by atoms with Crippen LogP contribution in [0.5, 0.6) is 11.5 Å². The van der Waals surface area contributed by atoms with Crippen LogP contribution in [0.1, 0.15) is 11.6 Å². The Hall–Kier alpha value is -1.00. The Morgan fingerprint density at radius 3 is 2.18 bits per heavy atom. The molecule has 1 aromatic rings. The SMILES string of the molecule is COc1cc(I)c(C(C#N)N(C)C)cc1OC. The Labute approximate surface area is 115 Å². The monoisotopic (exact) mass is 346 g/mol. The minimum Gasteiger partial charge on any atom is -0.493 e. The van der Waals surface area contributed by atoms with Gasteiger partial charge in [-0.15, -0.1) is 0 Å². The second-order valence-corrected chi connectivity index (χ2v) is 4.89. The number of hydrogen-bond acceptors (Lipinski definition) is 4. The van der Waals surface area contributed by atoms with Gasteiger partial charge < -0.3 is 9.47 Å². The molecule has 0 heterocycles. The van der Waals surface area contributed by atoms with Gasteiger partial charge in [-0.1, -0.05) is 0 Å². The van der Waals surface area contributed by atoms with Crippen LogP contribution in [-0.2, 0) is 0 Å². The van der Waals surface area contributed by atoms with Crippen LogP contribution in [0.4, 0.5) is 0 Å². The molecule has 0 radical (unpaired) electrons. The molecule has 5 heteroatoms. The van der Waals surface area contributed by atoms with E-state index in [-0.39, 0.29) is 6.04 Å². The predicted octanol–water partition coefficient (Wildman–Crippen LogP) is 2.43. The average molecular weight is 346 g/mol. The van der Waals surface area contributed by atoms with Crippen LogP contribution >= 0.6 is 22.6 Å². The first-order valence-corrected chi connectivity index (χ1v) is 6.10. The molecule has 0 saturated carbocycles. The number of hydrogen-bond donors (Lipinski definition) is 0. The van der Waals surface area contributed by atoms with Gasteiger partial charge in [0.05, 0.1) is 20.3 Å². The third-order valence-corrected chi connectivity index (χ3v) is 3.37. The molecular formula is C12H15IN2O2. The number of methoxy groups -OCH3 is 2. The highest BCUT2D eigenvalue weighted by atomic mass is 127. The van der Waals surface area contributed by atoms with Gasteiger partial charge in [0, 0.05) is 9.13 Å². The maximum Gasteiger partial charge on any atom is 0.161 e. The number of ether oxygens (including phenoxy) is 2. The second kappa shape index (κ2) is 6.07. The highest BCUT2D eigenvalue weighted by molar-refractivity contribution is 14.1. The third kappa shape index (κ3) is 3.01. The van der Waals surface area contributed by atoms with E-state index in [0.29, 0.717) is 11.5 Å². The molecular weight excluding hydrogens is 331 g/mol. The zero-order valence-corrected chi connectivity index (χ0v) is 12.5. The van der Waals surface area contributed by atoms with Crippen molar-refractivity contribution >= 4 is 22.6 Å². The van der Waals surface area contributed by atoms with Gasteiger partial charge in [0.25, 0.3) is 0 Å². The van der Waals surface area contributed by atoms with Crippen LogP contribution < -0.4 is 9.47 Å². The number of nitrogens with zero attached hydrogens (tertiary/aromatic N) is 2. The molecule has 0 spiro atoms. The van der Waals surface area contributed by atoms with E-state index in [1.165, 1.54) is 0 Å². The van der Waals surface area contributed by atoms with Gasteiger partial charge in [-0.25, -0.2) is 0 Å². The summed E-state index contributed by atoms with van der Waals surface area (Å²) in [5.41, 5.74) is 0.927. The number of nitriles is 1. The molecule has 0 bridgehead atoms. The topological polar surface area (TPSA) is 45.5 Å². The lowest BCUT2D eigenvalue weighted by Crippen LogP contribution is -2.19. The van der Waals surface area contributed by atoms with E-state index in [1.807, 2.05) is 31.1 Å². The molecule has 0 aliphatic rings. The van der Waals surface area contributed by atoms with Gasteiger partial charge in [0.15, 0.2) is 11.5 Å². The van der Waals surface area contributed by atoms with Crippen molar-refractivity contribution in [3.63, 3.8) is 0 Å². The molecule has 17 heavy (non-hydrogen) atoms. The summed E-state index contributed by atoms with van der Waals surface area (Å²) in [7, 11) is 6.94. The molecule has 1 aromatic carbocycles. The summed E-state index contributed by atoms with van der Waals surface area (Å²) in [4.78, 5) is 1.86. The number of benzene rings is 1. The molecule has 1 atom stereocenters. The Morgan fingerprint density at radius 1 is 1.24 bits per heavy atom. The van der Waals surface area contributed by atoms with Crippen molar-refractivity contribution < 1.29 is 9.47 Å². The van der Waals surface area contributed by atoms with Crippen molar-refractivity contribution in [2.45, 2.75) is 6.04 Å². The summed E-state index contributed by atoms with van der Waals surface area (Å²) in [5.74, 6) is 1.32. The van der Waals surface area contributed by atoms with Gasteiger partial charge in [0.2, 0.25) is 0 Å². The quantitative estimate of drug-likeness (QED) is 0.786. The largest absolute Gasteiger partial charge is 0.493 e. The minimum atomic E-state index is -0.290. The highest BCUT2D eigenvalue weighted by Gasteiger charge is 2.19. The zero-order chi connectivity index (χ0) is 13.0. The maximum absolute atomic E-state index is 9.20. The summed E-state index contributed by atoms with van der Waals surface area (Å²) in [6, 6.07) is 5.72. The molecule has 0 N–H and O–H groups in total. The fourth-order valence-corrected chi connectivity index (χ4v) is 2.28. The van der Waals surface area contributed by atoms with Crippen molar-refractivity contribution in [3.8, 4) is 17.6 Å². The Bertz CT molecular complexity index is 441. The van der Waals surface area contributed by atoms with Crippen molar-refractivity contribution in [3.05, 3.63) is 21.3 Å². The Morgan fingerprint density at radius 2 is 1.76 bits per heavy atom. The van der Waals surface area contributed by atoms with E-state index in [1.54, 1.807) is 14.2 Å². The van der Waals surface area contributed by atoms with Gasteiger partial charge in [-0.2, -0.15) is 5.26 Å². The lowest BCUT2D eigenvalue weighted by molar-refractivity contribution is 0.343. The van der Waals surface area contributed by atoms with E-state index in [9.17, 15) is 5.26 Å². The summed E-state index contributed by atoms with van der Waals surface area (Å²) in [6.45, 7) is 0. The van der Waals surface area contributed by atoms with Crippen LogP contribution in [0.2, 0.25) is 0 Å². The first-order chi connectivity index (χ1) is 8.04. The van der Waals surface area contributed by atoms with E-state index in [2.05, 4.69) is 28.7 Å². The molecule has 0 saturated heterocycles. The van der Waals surface area contributed by atoms with Gasteiger partial charge in [0.1, 0.15) is 6.04 Å². The second-order valence-electron chi connectivity index (χ2n) is 3.72. The molecule has 92 valence electrons. The van der Waals surface area contributed by atoms with E-state index in [4.69, 9.17) is 9.47 Å². The number of rotatable bonds is 4. The Kier molecular flexibility index (Phi) is 5.02. The molecule has 0 aliphatic heterocycles. The molecule has 0 amide bonds. The predicted molar refractivity (Wildman–Crippen MR) is 74.3 cm³/mol. The zero-order valence-electron chi connectivity index (χ0n) is 10.3. The third-order valence-electron chi connectivity index (χ3n) is 2.44. The lowest BCUT2D eigenvalue weighted by atomic mass is 10.1. The van der Waals surface area contributed by atoms with E-state index in [0.717, 1.165) is 9.13 Å². The molecule has 0 aromatic heterocycles. The van der Waals surface area contributed by atoms with Crippen LogP contribution in [0.25, 0.3) is 0 Å². The fraction of sp³-hybridized carbons (Fsp3) is 0.417. The van der Waals surface area contributed by atoms with Gasteiger partial charge in [-0.3, -0.25) is 4.90 Å². The van der Waals surface area contributed by atoms with E-state index < -0.39 is 0 Å². The van der Waals surface area contributed by atoms with Crippen molar-refractivity contribution in [2.75, 3.05) is 28.3 Å². The van der Waals surface area contributed by atoms with Crippen LogP contribution in [0.3, 0.4) is 0 Å². The van der Waals surface area contributed by atoms with Crippen LogP contribution in [-0.4, -0.2) is 33.2 Å². The summed E-state index contributed by atoms with van der Waals surface area (Å²) in [5, 5.41) is 9.20. The standard InChI is InChI=1S/C12H15IN2O2/c1-15(2)10(7-14)8-5-11(16-3)12(17-4)6-9(8)13/h5-6,10H,1-4H3. The van der Waals surface area contributed by atoms with Gasteiger partial charge >= 0.3 is 0 Å². The molecule has 1 rings (SSSR count). The molecule has 0 aliphatic carbocycles. The molecule has 4 nitrogen and oxygen atoms in total. The molecule has 0 fully saturated rings. The Balaban J connectivity index is 3.30. The smallest absolute Gasteiger partial charge is 0.161 e. The fourth-order valence-electron chi connectivity index (χ4n) is 1.54. The number of halogens is 1. The van der Waals surface area contributed by atoms with Crippen molar-refractivity contribution in [1.29, 1.82) is 5.26 Å². The van der Waals surface area contributed by atoms with Crippen LogP contribution in [0, 0.1) is 14.9 Å². The van der Waals surface area contributed by atoms with Crippen LogP contribution in [0.15, 0.2) is 12.1 Å². The van der Waals surface area contributed by atoms with Gasteiger partial charge in [-0.05, 0) is 48.8 Å². The van der Waals surface area contributed by atoms with Crippen molar-refractivity contribution in [2.24, 2.45) is 0 Å². The van der Waals surface area contributed by atoms with Crippen molar-refractivity contribution in [1.82, 2.24) is 4.90 Å². The normalized spacial score (nSPS) is 12.1. The maximum atomic E-state index is 9.20. The molecule has 1 unspecified atom stereocenters. The first kappa shape index (κ1) is 14.1. The highest BCUT2D eigenvalue weighted by Crippen LogP contribution is 2.34. The average Bonchev–Trinajstić information content (AvgIpc) is 2.31. The minimum absolute atomic E-state index is 0.290. The van der Waals surface area contributed by atoms with E-state index >= 15 is 0 Å². The first-order valence-electron chi connectivity index (χ1n) is 5.02. The summed E-state index contributed by atoms with van der Waals surface area (Å²) in [6.07, 6.45) is 0. The summed E-state index contributed by atoms with van der Waals surface area (Å²) >= 11 is 2.20.